The number of carbonyl (C=O) groups is 2. The topological polar surface area (TPSA) is 105 Å². The summed E-state index contributed by atoms with van der Waals surface area (Å²) in [7, 11) is -2.34. The van der Waals surface area contributed by atoms with Gasteiger partial charge in [-0.1, -0.05) is 72.8 Å². The van der Waals surface area contributed by atoms with E-state index in [1.165, 1.54) is 4.90 Å². The molecule has 46 heavy (non-hydrogen) atoms. The number of hydrogen-bond donors (Lipinski definition) is 1. The number of nitrogens with zero attached hydrogens (tertiary/aromatic N) is 2. The van der Waals surface area contributed by atoms with Crippen LogP contribution in [0.15, 0.2) is 109 Å². The summed E-state index contributed by atoms with van der Waals surface area (Å²) < 4.78 is 38.5. The zero-order chi connectivity index (χ0) is 33.1. The van der Waals surface area contributed by atoms with Crippen molar-refractivity contribution in [1.29, 1.82) is 0 Å². The monoisotopic (exact) mass is 643 g/mol. The van der Waals surface area contributed by atoms with Gasteiger partial charge in [-0.2, -0.15) is 0 Å². The van der Waals surface area contributed by atoms with Crippen molar-refractivity contribution in [3.8, 4) is 11.5 Å². The lowest BCUT2D eigenvalue weighted by Gasteiger charge is -2.34. The van der Waals surface area contributed by atoms with Crippen LogP contribution in [-0.2, 0) is 39.2 Å². The minimum atomic E-state index is -3.90. The third-order valence-corrected chi connectivity index (χ3v) is 8.38. The normalized spacial score (nSPS) is 11.8. The fourth-order valence-corrected chi connectivity index (χ4v) is 5.82. The van der Waals surface area contributed by atoms with E-state index in [2.05, 4.69) is 5.32 Å². The average molecular weight is 644 g/mol. The third kappa shape index (κ3) is 9.84. The molecule has 9 nitrogen and oxygen atoms in total. The molecule has 0 unspecified atom stereocenters. The number of methoxy groups -OCH3 is 1. The highest BCUT2D eigenvalue weighted by Gasteiger charge is 2.33. The Morgan fingerprint density at radius 1 is 0.783 bits per heavy atom. The van der Waals surface area contributed by atoms with Crippen LogP contribution >= 0.6 is 0 Å². The number of amides is 2. The first kappa shape index (κ1) is 34.1. The Balaban J connectivity index is 1.65. The molecule has 0 saturated carbocycles. The molecule has 0 saturated heterocycles. The van der Waals surface area contributed by atoms with Gasteiger partial charge in [-0.3, -0.25) is 13.9 Å². The van der Waals surface area contributed by atoms with E-state index < -0.39 is 28.5 Å². The standard InChI is InChI=1S/C36H41N3O6S/c1-27(2)37-36(41)34(23-28-12-7-5-8-13-28)38(24-30-16-11-17-33(22-30)44-3)35(40)25-39(46(4,42)43)31-18-20-32(21-19-31)45-26-29-14-9-6-10-15-29/h5-22,27,34H,23-26H2,1-4H3,(H,37,41)/t34-/m1/s1. The summed E-state index contributed by atoms with van der Waals surface area (Å²) in [6.45, 7) is 3.61. The summed E-state index contributed by atoms with van der Waals surface area (Å²) in [6, 6.07) is 31.8. The maximum atomic E-state index is 14.3. The third-order valence-electron chi connectivity index (χ3n) is 7.24. The summed E-state index contributed by atoms with van der Waals surface area (Å²) >= 11 is 0. The molecule has 0 heterocycles. The van der Waals surface area contributed by atoms with Gasteiger partial charge in [0, 0.05) is 19.0 Å². The van der Waals surface area contributed by atoms with Gasteiger partial charge in [0.05, 0.1) is 19.1 Å². The lowest BCUT2D eigenvalue weighted by Crippen LogP contribution is -2.54. The largest absolute Gasteiger partial charge is 0.497 e. The van der Waals surface area contributed by atoms with Crippen molar-refractivity contribution >= 4 is 27.5 Å². The zero-order valence-corrected chi connectivity index (χ0v) is 27.4. The van der Waals surface area contributed by atoms with Gasteiger partial charge in [0.25, 0.3) is 0 Å². The Labute approximate surface area is 271 Å². The number of sulfonamides is 1. The maximum Gasteiger partial charge on any atom is 0.244 e. The molecule has 4 aromatic carbocycles. The second kappa shape index (κ2) is 15.9. The van der Waals surface area contributed by atoms with Crippen molar-refractivity contribution in [1.82, 2.24) is 10.2 Å². The fourth-order valence-electron chi connectivity index (χ4n) is 4.97. The molecular weight excluding hydrogens is 602 g/mol. The number of rotatable bonds is 15. The van der Waals surface area contributed by atoms with E-state index >= 15 is 0 Å². The minimum Gasteiger partial charge on any atom is -0.497 e. The van der Waals surface area contributed by atoms with Crippen molar-refractivity contribution in [2.24, 2.45) is 0 Å². The SMILES string of the molecule is COc1cccc(CN(C(=O)CN(c2ccc(OCc3ccccc3)cc2)S(C)(=O)=O)[C@H](Cc2ccccc2)C(=O)NC(C)C)c1. The lowest BCUT2D eigenvalue weighted by atomic mass is 10.0. The van der Waals surface area contributed by atoms with Crippen LogP contribution in [0.5, 0.6) is 11.5 Å². The van der Waals surface area contributed by atoms with E-state index in [1.54, 1.807) is 49.6 Å². The zero-order valence-electron chi connectivity index (χ0n) is 26.6. The van der Waals surface area contributed by atoms with Crippen molar-refractivity contribution < 1.29 is 27.5 Å². The van der Waals surface area contributed by atoms with E-state index in [-0.39, 0.29) is 24.9 Å². The van der Waals surface area contributed by atoms with Crippen LogP contribution in [0.4, 0.5) is 5.69 Å². The molecule has 4 rings (SSSR count). The first-order valence-electron chi connectivity index (χ1n) is 15.0. The number of anilines is 1. The van der Waals surface area contributed by atoms with Crippen LogP contribution in [0.1, 0.15) is 30.5 Å². The predicted octanol–water partition coefficient (Wildman–Crippen LogP) is 5.20. The molecule has 2 amide bonds. The van der Waals surface area contributed by atoms with Gasteiger partial charge in [0.2, 0.25) is 21.8 Å². The van der Waals surface area contributed by atoms with Crippen molar-refractivity contribution in [2.75, 3.05) is 24.2 Å². The van der Waals surface area contributed by atoms with E-state index in [0.717, 1.165) is 27.3 Å². The van der Waals surface area contributed by atoms with Gasteiger partial charge in [0.1, 0.15) is 30.7 Å². The molecular formula is C36H41N3O6S. The number of carbonyl (C=O) groups excluding carboxylic acids is 2. The van der Waals surface area contributed by atoms with E-state index in [0.29, 0.717) is 23.8 Å². The number of hydrogen-bond acceptors (Lipinski definition) is 6. The average Bonchev–Trinajstić information content (AvgIpc) is 3.04. The van der Waals surface area contributed by atoms with Gasteiger partial charge >= 0.3 is 0 Å². The first-order chi connectivity index (χ1) is 22.0. The summed E-state index contributed by atoms with van der Waals surface area (Å²) in [5.74, 6) is 0.294. The highest BCUT2D eigenvalue weighted by atomic mass is 32.2. The Morgan fingerprint density at radius 3 is 1.98 bits per heavy atom. The summed E-state index contributed by atoms with van der Waals surface area (Å²) in [6.07, 6.45) is 1.29. The van der Waals surface area contributed by atoms with Gasteiger partial charge in [-0.25, -0.2) is 8.42 Å². The summed E-state index contributed by atoms with van der Waals surface area (Å²) in [4.78, 5) is 29.4. The van der Waals surface area contributed by atoms with Crippen LogP contribution in [-0.4, -0.2) is 57.1 Å². The molecule has 0 aliphatic rings. The molecule has 0 fully saturated rings. The van der Waals surface area contributed by atoms with E-state index in [4.69, 9.17) is 9.47 Å². The van der Waals surface area contributed by atoms with Crippen LogP contribution in [0.2, 0.25) is 0 Å². The Hall–Kier alpha value is -4.83. The fraction of sp³-hybridized carbons (Fsp3) is 0.278. The summed E-state index contributed by atoms with van der Waals surface area (Å²) in [5, 5.41) is 2.95. The second-order valence-corrected chi connectivity index (χ2v) is 13.2. The molecule has 0 aliphatic heterocycles. The molecule has 1 atom stereocenters. The molecule has 10 heteroatoms. The van der Waals surface area contributed by atoms with Gasteiger partial charge in [-0.15, -0.1) is 0 Å². The van der Waals surface area contributed by atoms with Crippen LogP contribution in [0, 0.1) is 0 Å². The van der Waals surface area contributed by atoms with Crippen molar-refractivity contribution in [3.05, 3.63) is 126 Å². The Kier molecular flexibility index (Phi) is 11.8. The molecule has 242 valence electrons. The van der Waals surface area contributed by atoms with Crippen LogP contribution < -0.4 is 19.1 Å². The molecule has 0 aliphatic carbocycles. The first-order valence-corrected chi connectivity index (χ1v) is 16.9. The summed E-state index contributed by atoms with van der Waals surface area (Å²) in [5.41, 5.74) is 2.89. The minimum absolute atomic E-state index is 0.0584. The maximum absolute atomic E-state index is 14.3. The van der Waals surface area contributed by atoms with Gasteiger partial charge < -0.3 is 19.7 Å². The lowest BCUT2D eigenvalue weighted by molar-refractivity contribution is -0.140. The van der Waals surface area contributed by atoms with Gasteiger partial charge in [-0.05, 0) is 66.9 Å². The Morgan fingerprint density at radius 2 is 1.39 bits per heavy atom. The second-order valence-electron chi connectivity index (χ2n) is 11.3. The highest BCUT2D eigenvalue weighted by molar-refractivity contribution is 7.92. The smallest absolute Gasteiger partial charge is 0.244 e. The molecule has 0 radical (unpaired) electrons. The predicted molar refractivity (Wildman–Crippen MR) is 180 cm³/mol. The van der Waals surface area contributed by atoms with Crippen LogP contribution in [0.25, 0.3) is 0 Å². The number of ether oxygens (including phenoxy) is 2. The molecule has 1 N–H and O–H groups in total. The highest BCUT2D eigenvalue weighted by Crippen LogP contribution is 2.24. The van der Waals surface area contributed by atoms with E-state index in [1.807, 2.05) is 80.6 Å². The van der Waals surface area contributed by atoms with Gasteiger partial charge in [0.15, 0.2) is 0 Å². The molecule has 0 spiro atoms. The molecule has 0 aromatic heterocycles. The number of nitrogens with one attached hydrogen (secondary N) is 1. The quantitative estimate of drug-likeness (QED) is 0.191. The number of benzene rings is 4. The van der Waals surface area contributed by atoms with E-state index in [9.17, 15) is 18.0 Å². The van der Waals surface area contributed by atoms with Crippen molar-refractivity contribution in [3.63, 3.8) is 0 Å². The molecule has 0 bridgehead atoms. The van der Waals surface area contributed by atoms with Crippen LogP contribution in [0.3, 0.4) is 0 Å². The molecule has 4 aromatic rings. The van der Waals surface area contributed by atoms with Crippen molar-refractivity contribution in [2.45, 2.75) is 45.5 Å². The Bertz CT molecular complexity index is 1680.